The van der Waals surface area contributed by atoms with Gasteiger partial charge >= 0.3 is 0 Å². The van der Waals surface area contributed by atoms with Gasteiger partial charge in [-0.1, -0.05) is 51.1 Å². The maximum absolute atomic E-state index is 12.0. The minimum absolute atomic E-state index is 0.0706. The Morgan fingerprint density at radius 3 is 2.33 bits per heavy atom. The van der Waals surface area contributed by atoms with Gasteiger partial charge in [-0.25, -0.2) is 0 Å². The van der Waals surface area contributed by atoms with Gasteiger partial charge in [-0.05, 0) is 29.7 Å². The van der Waals surface area contributed by atoms with Gasteiger partial charge in [0.15, 0.2) is 0 Å². The molecule has 2 aromatic carbocycles. The van der Waals surface area contributed by atoms with Gasteiger partial charge in [0.1, 0.15) is 5.75 Å². The quantitative estimate of drug-likeness (QED) is 0.895. The van der Waals surface area contributed by atoms with E-state index in [1.165, 1.54) is 0 Å². The summed E-state index contributed by atoms with van der Waals surface area (Å²) >= 11 is 0. The molecule has 0 heterocycles. The molecular formula is C18H21NO2. The molecule has 0 saturated carbocycles. The van der Waals surface area contributed by atoms with Crippen LogP contribution in [-0.4, -0.2) is 11.0 Å². The van der Waals surface area contributed by atoms with E-state index in [4.69, 9.17) is 0 Å². The minimum atomic E-state index is -0.467. The van der Waals surface area contributed by atoms with E-state index in [0.29, 0.717) is 12.1 Å². The lowest BCUT2D eigenvalue weighted by Crippen LogP contribution is -2.27. The van der Waals surface area contributed by atoms with Crippen LogP contribution in [-0.2, 0) is 11.2 Å². The number of carbonyl (C=O) groups is 1. The van der Waals surface area contributed by atoms with E-state index in [9.17, 15) is 9.90 Å². The van der Waals surface area contributed by atoms with Crippen LogP contribution in [0.4, 0.5) is 5.69 Å². The van der Waals surface area contributed by atoms with Gasteiger partial charge in [0.25, 0.3) is 0 Å². The van der Waals surface area contributed by atoms with E-state index in [1.54, 1.807) is 12.1 Å². The SMILES string of the molecule is CC(C)(C)C(=O)Nc1cc(O)cc(Cc2ccccc2)c1. The first-order chi connectivity index (χ1) is 9.84. The molecular weight excluding hydrogens is 262 g/mol. The van der Waals surface area contributed by atoms with Crippen molar-refractivity contribution >= 4 is 11.6 Å². The molecule has 2 aromatic rings. The third kappa shape index (κ3) is 4.35. The third-order valence-electron chi connectivity index (χ3n) is 3.17. The Kier molecular flexibility index (Phi) is 4.32. The molecule has 0 aliphatic rings. The Morgan fingerprint density at radius 2 is 1.71 bits per heavy atom. The van der Waals surface area contributed by atoms with E-state index < -0.39 is 5.41 Å². The Hall–Kier alpha value is -2.29. The molecule has 0 aliphatic carbocycles. The van der Waals surface area contributed by atoms with Crippen molar-refractivity contribution in [2.45, 2.75) is 27.2 Å². The largest absolute Gasteiger partial charge is 0.508 e. The summed E-state index contributed by atoms with van der Waals surface area (Å²) in [4.78, 5) is 12.0. The molecule has 1 amide bonds. The molecule has 0 saturated heterocycles. The predicted octanol–water partition coefficient (Wildman–Crippen LogP) is 3.97. The van der Waals surface area contributed by atoms with E-state index in [0.717, 1.165) is 11.1 Å². The van der Waals surface area contributed by atoms with Crippen molar-refractivity contribution in [1.29, 1.82) is 0 Å². The number of rotatable bonds is 3. The maximum Gasteiger partial charge on any atom is 0.229 e. The normalized spacial score (nSPS) is 11.2. The van der Waals surface area contributed by atoms with Crippen LogP contribution >= 0.6 is 0 Å². The summed E-state index contributed by atoms with van der Waals surface area (Å²) < 4.78 is 0. The Labute approximate surface area is 125 Å². The van der Waals surface area contributed by atoms with Crippen molar-refractivity contribution in [3.05, 3.63) is 59.7 Å². The van der Waals surface area contributed by atoms with Crippen LogP contribution < -0.4 is 5.32 Å². The average molecular weight is 283 g/mol. The smallest absolute Gasteiger partial charge is 0.229 e. The lowest BCUT2D eigenvalue weighted by molar-refractivity contribution is -0.123. The molecule has 2 rings (SSSR count). The van der Waals surface area contributed by atoms with E-state index in [1.807, 2.05) is 57.2 Å². The fourth-order valence-electron chi connectivity index (χ4n) is 2.00. The molecule has 110 valence electrons. The number of amides is 1. The number of carbonyl (C=O) groups excluding carboxylic acids is 1. The third-order valence-corrected chi connectivity index (χ3v) is 3.17. The number of hydrogen-bond acceptors (Lipinski definition) is 2. The zero-order chi connectivity index (χ0) is 15.5. The van der Waals surface area contributed by atoms with Crippen LogP contribution in [0.5, 0.6) is 5.75 Å². The summed E-state index contributed by atoms with van der Waals surface area (Å²) in [5.41, 5.74) is 2.29. The summed E-state index contributed by atoms with van der Waals surface area (Å²) in [6.07, 6.45) is 0.716. The van der Waals surface area contributed by atoms with Crippen molar-refractivity contribution < 1.29 is 9.90 Å². The Balaban J connectivity index is 2.20. The molecule has 2 N–H and O–H groups in total. The average Bonchev–Trinajstić information content (AvgIpc) is 2.38. The molecule has 21 heavy (non-hydrogen) atoms. The summed E-state index contributed by atoms with van der Waals surface area (Å²) in [6.45, 7) is 5.57. The van der Waals surface area contributed by atoms with Crippen molar-refractivity contribution in [2.24, 2.45) is 5.41 Å². The van der Waals surface area contributed by atoms with Crippen molar-refractivity contribution in [1.82, 2.24) is 0 Å². The van der Waals surface area contributed by atoms with Crippen molar-refractivity contribution in [3.63, 3.8) is 0 Å². The summed E-state index contributed by atoms with van der Waals surface area (Å²) in [6, 6.07) is 15.2. The highest BCUT2D eigenvalue weighted by molar-refractivity contribution is 5.94. The number of benzene rings is 2. The molecule has 3 heteroatoms. The zero-order valence-corrected chi connectivity index (χ0v) is 12.7. The van der Waals surface area contributed by atoms with Crippen LogP contribution in [0.25, 0.3) is 0 Å². The predicted molar refractivity (Wildman–Crippen MR) is 85.4 cm³/mol. The Bertz CT molecular complexity index is 627. The maximum atomic E-state index is 12.0. The number of nitrogens with one attached hydrogen (secondary N) is 1. The molecule has 0 radical (unpaired) electrons. The number of anilines is 1. The standard InChI is InChI=1S/C18H21NO2/c1-18(2,3)17(21)19-15-10-14(11-16(20)12-15)9-13-7-5-4-6-8-13/h4-8,10-12,20H,9H2,1-3H3,(H,19,21). The molecule has 3 nitrogen and oxygen atoms in total. The molecule has 0 fully saturated rings. The van der Waals surface area contributed by atoms with Crippen LogP contribution in [0.3, 0.4) is 0 Å². The molecule has 0 aliphatic heterocycles. The lowest BCUT2D eigenvalue weighted by atomic mass is 9.95. The summed E-state index contributed by atoms with van der Waals surface area (Å²) in [5, 5.41) is 12.7. The molecule has 0 atom stereocenters. The molecule has 0 unspecified atom stereocenters. The second kappa shape index (κ2) is 6.00. The molecule has 0 aromatic heterocycles. The number of phenols is 1. The van der Waals surface area contributed by atoms with E-state index >= 15 is 0 Å². The number of hydrogen-bond donors (Lipinski definition) is 2. The van der Waals surface area contributed by atoms with Crippen LogP contribution in [0.1, 0.15) is 31.9 Å². The van der Waals surface area contributed by atoms with Gasteiger partial charge in [-0.2, -0.15) is 0 Å². The first kappa shape index (κ1) is 15.1. The monoisotopic (exact) mass is 283 g/mol. The fraction of sp³-hybridized carbons (Fsp3) is 0.278. The number of aromatic hydroxyl groups is 1. The molecule has 0 spiro atoms. The van der Waals surface area contributed by atoms with Gasteiger partial charge < -0.3 is 10.4 Å². The second-order valence-corrected chi connectivity index (χ2v) is 6.25. The van der Waals surface area contributed by atoms with Gasteiger partial charge in [-0.3, -0.25) is 4.79 Å². The first-order valence-corrected chi connectivity index (χ1v) is 7.03. The fourth-order valence-corrected chi connectivity index (χ4v) is 2.00. The lowest BCUT2D eigenvalue weighted by Gasteiger charge is -2.18. The van der Waals surface area contributed by atoms with E-state index in [-0.39, 0.29) is 11.7 Å². The highest BCUT2D eigenvalue weighted by atomic mass is 16.3. The Morgan fingerprint density at radius 1 is 1.05 bits per heavy atom. The van der Waals surface area contributed by atoms with Gasteiger partial charge in [-0.15, -0.1) is 0 Å². The first-order valence-electron chi connectivity index (χ1n) is 7.03. The van der Waals surface area contributed by atoms with Crippen molar-refractivity contribution in [3.8, 4) is 5.75 Å². The van der Waals surface area contributed by atoms with Crippen LogP contribution in [0, 0.1) is 5.41 Å². The van der Waals surface area contributed by atoms with E-state index in [2.05, 4.69) is 5.32 Å². The summed E-state index contributed by atoms with van der Waals surface area (Å²) in [7, 11) is 0. The topological polar surface area (TPSA) is 49.3 Å². The number of phenolic OH excluding ortho intramolecular Hbond substituents is 1. The highest BCUT2D eigenvalue weighted by Gasteiger charge is 2.21. The van der Waals surface area contributed by atoms with Crippen LogP contribution in [0.15, 0.2) is 48.5 Å². The van der Waals surface area contributed by atoms with Gasteiger partial charge in [0.05, 0.1) is 0 Å². The van der Waals surface area contributed by atoms with Crippen LogP contribution in [0.2, 0.25) is 0 Å². The van der Waals surface area contributed by atoms with Gasteiger partial charge in [0.2, 0.25) is 5.91 Å². The summed E-state index contributed by atoms with van der Waals surface area (Å²) in [5.74, 6) is 0.0893. The second-order valence-electron chi connectivity index (χ2n) is 6.25. The van der Waals surface area contributed by atoms with Crippen molar-refractivity contribution in [2.75, 3.05) is 5.32 Å². The van der Waals surface area contributed by atoms with Gasteiger partial charge in [0, 0.05) is 17.2 Å². The minimum Gasteiger partial charge on any atom is -0.508 e. The molecule has 0 bridgehead atoms. The highest BCUT2D eigenvalue weighted by Crippen LogP contribution is 2.24. The zero-order valence-electron chi connectivity index (χ0n) is 12.7.